The summed E-state index contributed by atoms with van der Waals surface area (Å²) in [6, 6.07) is 14.2. The van der Waals surface area contributed by atoms with E-state index in [9.17, 15) is 14.4 Å². The van der Waals surface area contributed by atoms with E-state index in [0.717, 1.165) is 23.7 Å². The second-order valence-electron chi connectivity index (χ2n) is 7.19. The number of benzene rings is 2. The molecule has 0 aliphatic heterocycles. The predicted octanol–water partition coefficient (Wildman–Crippen LogP) is 4.11. The van der Waals surface area contributed by atoms with Crippen LogP contribution >= 0.6 is 15.9 Å². The largest absolute Gasteiger partial charge is 0.350 e. The van der Waals surface area contributed by atoms with E-state index in [-0.39, 0.29) is 30.1 Å². The van der Waals surface area contributed by atoms with Crippen LogP contribution in [0.4, 0.5) is 5.69 Å². The number of halogens is 1. The van der Waals surface area contributed by atoms with Gasteiger partial charge in [-0.2, -0.15) is 5.10 Å². The molecule has 0 radical (unpaired) electrons. The van der Waals surface area contributed by atoms with Crippen molar-refractivity contribution in [1.29, 1.82) is 0 Å². The van der Waals surface area contributed by atoms with Crippen LogP contribution in [-0.4, -0.2) is 28.1 Å². The van der Waals surface area contributed by atoms with Gasteiger partial charge in [-0.3, -0.25) is 14.4 Å². The Morgan fingerprint density at radius 2 is 1.74 bits per heavy atom. The van der Waals surface area contributed by atoms with Gasteiger partial charge in [-0.05, 0) is 36.8 Å². The van der Waals surface area contributed by atoms with Crippen molar-refractivity contribution in [1.82, 2.24) is 15.1 Å². The van der Waals surface area contributed by atoms with Crippen molar-refractivity contribution >= 4 is 44.2 Å². The Labute approximate surface area is 189 Å². The van der Waals surface area contributed by atoms with Crippen molar-refractivity contribution < 1.29 is 9.59 Å². The molecule has 0 spiro atoms. The third-order valence-corrected chi connectivity index (χ3v) is 5.35. The number of hydrogen-bond donors (Lipinski definition) is 2. The van der Waals surface area contributed by atoms with Crippen LogP contribution in [0.5, 0.6) is 0 Å². The number of nitrogens with one attached hydrogen (secondary N) is 2. The maximum atomic E-state index is 12.8. The Balaban J connectivity index is 1.68. The number of rotatable bonds is 9. The molecule has 2 N–H and O–H groups in total. The summed E-state index contributed by atoms with van der Waals surface area (Å²) in [7, 11) is 0. The fourth-order valence-corrected chi connectivity index (χ4v) is 3.46. The molecule has 2 aromatic carbocycles. The average molecular weight is 485 g/mol. The second kappa shape index (κ2) is 10.9. The molecule has 2 amide bonds. The van der Waals surface area contributed by atoms with Gasteiger partial charge >= 0.3 is 0 Å². The van der Waals surface area contributed by atoms with Crippen LogP contribution in [0, 0.1) is 0 Å². The highest BCUT2D eigenvalue weighted by molar-refractivity contribution is 9.10. The van der Waals surface area contributed by atoms with E-state index in [1.165, 1.54) is 4.68 Å². The second-order valence-corrected chi connectivity index (χ2v) is 8.11. The first-order valence-corrected chi connectivity index (χ1v) is 11.1. The van der Waals surface area contributed by atoms with Gasteiger partial charge in [-0.15, -0.1) is 0 Å². The monoisotopic (exact) mass is 484 g/mol. The number of carbonyl (C=O) groups is 2. The molecule has 8 heteroatoms. The number of unbranched alkanes of at least 4 members (excludes halogenated alkanes) is 2. The summed E-state index contributed by atoms with van der Waals surface area (Å²) in [4.78, 5) is 37.6. The van der Waals surface area contributed by atoms with Crippen LogP contribution in [0.15, 0.2) is 57.8 Å². The highest BCUT2D eigenvalue weighted by atomic mass is 79.9. The van der Waals surface area contributed by atoms with E-state index >= 15 is 0 Å². The number of fused-ring (bicyclic) bond motifs is 1. The summed E-state index contributed by atoms with van der Waals surface area (Å²) in [5.74, 6) is -0.609. The Morgan fingerprint density at radius 3 is 2.45 bits per heavy atom. The van der Waals surface area contributed by atoms with E-state index in [0.29, 0.717) is 23.0 Å². The number of hydrogen-bond acceptors (Lipinski definition) is 4. The van der Waals surface area contributed by atoms with Gasteiger partial charge in [0.2, 0.25) is 5.91 Å². The van der Waals surface area contributed by atoms with Gasteiger partial charge in [0.15, 0.2) is 5.69 Å². The first kappa shape index (κ1) is 22.7. The maximum Gasteiger partial charge on any atom is 0.274 e. The standard InChI is InChI=1S/C23H25BrN4O3/c1-2-3-6-15-28-23(31)19-8-5-4-7-18(19)21(27-28)22(30)25-14-13-20(29)26-17-11-9-16(24)10-12-17/h4-5,7-12H,2-3,6,13-15H2,1H3,(H,25,30)(H,26,29). The molecule has 0 aliphatic rings. The lowest BCUT2D eigenvalue weighted by Gasteiger charge is -2.11. The number of aromatic nitrogens is 2. The minimum atomic E-state index is -0.406. The topological polar surface area (TPSA) is 93.1 Å². The Hall–Kier alpha value is -3.00. The molecule has 3 rings (SSSR count). The molecule has 0 bridgehead atoms. The van der Waals surface area contributed by atoms with Crippen molar-refractivity contribution in [3.05, 3.63) is 69.1 Å². The summed E-state index contributed by atoms with van der Waals surface area (Å²) in [5, 5.41) is 10.8. The fourth-order valence-electron chi connectivity index (χ4n) is 3.20. The van der Waals surface area contributed by atoms with Gasteiger partial charge in [-0.25, -0.2) is 4.68 Å². The first-order chi connectivity index (χ1) is 15.0. The average Bonchev–Trinajstić information content (AvgIpc) is 2.77. The lowest BCUT2D eigenvalue weighted by Crippen LogP contribution is -2.32. The zero-order chi connectivity index (χ0) is 22.2. The normalized spacial score (nSPS) is 10.8. The molecule has 1 aromatic heterocycles. The van der Waals surface area contributed by atoms with Crippen molar-refractivity contribution in [3.63, 3.8) is 0 Å². The van der Waals surface area contributed by atoms with Crippen molar-refractivity contribution in [3.8, 4) is 0 Å². The van der Waals surface area contributed by atoms with E-state index in [1.807, 2.05) is 12.1 Å². The minimum Gasteiger partial charge on any atom is -0.350 e. The SMILES string of the molecule is CCCCCn1nc(C(=O)NCCC(=O)Nc2ccc(Br)cc2)c2ccccc2c1=O. The van der Waals surface area contributed by atoms with E-state index in [4.69, 9.17) is 0 Å². The Kier molecular flexibility index (Phi) is 7.94. The van der Waals surface area contributed by atoms with Gasteiger partial charge in [0.1, 0.15) is 0 Å². The number of nitrogens with zero attached hydrogens (tertiary/aromatic N) is 2. The summed E-state index contributed by atoms with van der Waals surface area (Å²) < 4.78 is 2.29. The molecule has 0 fully saturated rings. The Bertz CT molecular complexity index is 1130. The first-order valence-electron chi connectivity index (χ1n) is 10.3. The fraction of sp³-hybridized carbons (Fsp3) is 0.304. The van der Waals surface area contributed by atoms with Gasteiger partial charge in [-0.1, -0.05) is 53.9 Å². The molecular weight excluding hydrogens is 460 g/mol. The minimum absolute atomic E-state index is 0.121. The number of amides is 2. The van der Waals surface area contributed by atoms with Crippen LogP contribution in [0.1, 0.15) is 43.1 Å². The van der Waals surface area contributed by atoms with Gasteiger partial charge in [0.05, 0.1) is 5.39 Å². The maximum absolute atomic E-state index is 12.8. The molecule has 0 atom stereocenters. The number of aryl methyl sites for hydroxylation is 1. The zero-order valence-corrected chi connectivity index (χ0v) is 18.9. The van der Waals surface area contributed by atoms with E-state index in [2.05, 4.69) is 38.6 Å². The summed E-state index contributed by atoms with van der Waals surface area (Å²) in [5.41, 5.74) is 0.684. The van der Waals surface area contributed by atoms with Gasteiger partial charge < -0.3 is 10.6 Å². The zero-order valence-electron chi connectivity index (χ0n) is 17.4. The molecule has 31 heavy (non-hydrogen) atoms. The Morgan fingerprint density at radius 1 is 1.03 bits per heavy atom. The van der Waals surface area contributed by atoms with Crippen LogP contribution in [0.2, 0.25) is 0 Å². The molecule has 0 saturated heterocycles. The molecular formula is C23H25BrN4O3. The third-order valence-electron chi connectivity index (χ3n) is 4.82. The molecule has 3 aromatic rings. The highest BCUT2D eigenvalue weighted by Crippen LogP contribution is 2.15. The highest BCUT2D eigenvalue weighted by Gasteiger charge is 2.16. The summed E-state index contributed by atoms with van der Waals surface area (Å²) in [6.45, 7) is 2.71. The molecule has 1 heterocycles. The van der Waals surface area contributed by atoms with Gasteiger partial charge in [0.25, 0.3) is 11.5 Å². The smallest absolute Gasteiger partial charge is 0.274 e. The lowest BCUT2D eigenvalue weighted by molar-refractivity contribution is -0.116. The molecule has 0 unspecified atom stereocenters. The number of anilines is 1. The van der Waals surface area contributed by atoms with Crippen molar-refractivity contribution in [2.24, 2.45) is 0 Å². The van der Waals surface area contributed by atoms with Crippen molar-refractivity contribution in [2.45, 2.75) is 39.2 Å². The molecule has 0 saturated carbocycles. The molecule has 7 nitrogen and oxygen atoms in total. The van der Waals surface area contributed by atoms with Crippen LogP contribution in [-0.2, 0) is 11.3 Å². The van der Waals surface area contributed by atoms with Crippen LogP contribution in [0.3, 0.4) is 0 Å². The molecule has 162 valence electrons. The van der Waals surface area contributed by atoms with Crippen LogP contribution in [0.25, 0.3) is 10.8 Å². The molecule has 0 aliphatic carbocycles. The lowest BCUT2D eigenvalue weighted by atomic mass is 10.1. The summed E-state index contributed by atoms with van der Waals surface area (Å²) >= 11 is 3.35. The van der Waals surface area contributed by atoms with E-state index < -0.39 is 5.91 Å². The predicted molar refractivity (Wildman–Crippen MR) is 125 cm³/mol. The van der Waals surface area contributed by atoms with E-state index in [1.54, 1.807) is 36.4 Å². The van der Waals surface area contributed by atoms with Crippen molar-refractivity contribution in [2.75, 3.05) is 11.9 Å². The van der Waals surface area contributed by atoms with Crippen LogP contribution < -0.4 is 16.2 Å². The van der Waals surface area contributed by atoms with Gasteiger partial charge in [0, 0.05) is 35.1 Å². The quantitative estimate of drug-likeness (QED) is 0.447. The summed E-state index contributed by atoms with van der Waals surface area (Å²) in [6.07, 6.45) is 2.95. The third kappa shape index (κ3) is 6.01. The number of carbonyl (C=O) groups excluding carboxylic acids is 2.